The molecule has 1 aromatic carbocycles. The van der Waals surface area contributed by atoms with Crippen LogP contribution in [0.5, 0.6) is 0 Å². The minimum Gasteiger partial charge on any atom is -0.377 e. The van der Waals surface area contributed by atoms with Gasteiger partial charge < -0.3 is 15.4 Å². The van der Waals surface area contributed by atoms with E-state index in [4.69, 9.17) is 10.5 Å². The lowest BCUT2D eigenvalue weighted by atomic mass is 10.0. The summed E-state index contributed by atoms with van der Waals surface area (Å²) in [6.07, 6.45) is 3.86. The van der Waals surface area contributed by atoms with Crippen LogP contribution in [0.3, 0.4) is 0 Å². The zero-order chi connectivity index (χ0) is 14.4. The van der Waals surface area contributed by atoms with Crippen molar-refractivity contribution in [2.75, 3.05) is 26.2 Å². The van der Waals surface area contributed by atoms with Crippen molar-refractivity contribution >= 4 is 0 Å². The first kappa shape index (κ1) is 15.5. The van der Waals surface area contributed by atoms with E-state index in [0.717, 1.165) is 32.7 Å². The van der Waals surface area contributed by atoms with Gasteiger partial charge in [0.2, 0.25) is 0 Å². The second kappa shape index (κ2) is 7.77. The van der Waals surface area contributed by atoms with Crippen LogP contribution in [-0.2, 0) is 4.74 Å². The second-order valence-corrected chi connectivity index (χ2v) is 5.83. The lowest BCUT2D eigenvalue weighted by Crippen LogP contribution is -2.34. The Hall–Kier alpha value is -0.900. The van der Waals surface area contributed by atoms with Gasteiger partial charge in [0.15, 0.2) is 0 Å². The summed E-state index contributed by atoms with van der Waals surface area (Å²) in [6, 6.07) is 8.71. The first-order chi connectivity index (χ1) is 9.69. The zero-order valence-corrected chi connectivity index (χ0v) is 12.8. The van der Waals surface area contributed by atoms with Crippen LogP contribution < -0.4 is 5.73 Å². The summed E-state index contributed by atoms with van der Waals surface area (Å²) in [5, 5.41) is 0. The minimum atomic E-state index is 0.133. The SMILES string of the molecule is CCN(CCC(N)c1ccc(C)cc1)CC1CCCO1. The summed E-state index contributed by atoms with van der Waals surface area (Å²) in [5.74, 6) is 0. The Bertz CT molecular complexity index is 384. The van der Waals surface area contributed by atoms with Crippen LogP contribution in [0.25, 0.3) is 0 Å². The maximum absolute atomic E-state index is 6.30. The van der Waals surface area contributed by atoms with Gasteiger partial charge >= 0.3 is 0 Å². The molecule has 1 fully saturated rings. The van der Waals surface area contributed by atoms with Crippen molar-refractivity contribution in [3.05, 3.63) is 35.4 Å². The molecular formula is C17H28N2O. The normalized spacial score (nSPS) is 20.5. The summed E-state index contributed by atoms with van der Waals surface area (Å²) in [6.45, 7) is 8.43. The monoisotopic (exact) mass is 276 g/mol. The molecule has 1 aliphatic heterocycles. The Labute approximate surface area is 123 Å². The summed E-state index contributed by atoms with van der Waals surface area (Å²) in [5.41, 5.74) is 8.82. The summed E-state index contributed by atoms with van der Waals surface area (Å²) in [7, 11) is 0. The van der Waals surface area contributed by atoms with Gasteiger partial charge in [-0.3, -0.25) is 0 Å². The van der Waals surface area contributed by atoms with Crippen molar-refractivity contribution < 1.29 is 4.74 Å². The van der Waals surface area contributed by atoms with Crippen molar-refractivity contribution in [2.24, 2.45) is 5.73 Å². The highest BCUT2D eigenvalue weighted by Gasteiger charge is 2.18. The fraction of sp³-hybridized carbons (Fsp3) is 0.647. The molecule has 1 saturated heterocycles. The van der Waals surface area contributed by atoms with Crippen LogP contribution in [0.15, 0.2) is 24.3 Å². The standard InChI is InChI=1S/C17H28N2O/c1-3-19(13-16-5-4-12-20-16)11-10-17(18)15-8-6-14(2)7-9-15/h6-9,16-17H,3-5,10-13,18H2,1-2H3. The molecule has 2 atom stereocenters. The van der Waals surface area contributed by atoms with Gasteiger partial charge in [-0.1, -0.05) is 36.8 Å². The van der Waals surface area contributed by atoms with E-state index in [9.17, 15) is 0 Å². The Morgan fingerprint density at radius 1 is 1.35 bits per heavy atom. The van der Waals surface area contributed by atoms with E-state index >= 15 is 0 Å². The number of benzene rings is 1. The fourth-order valence-corrected chi connectivity index (χ4v) is 2.76. The predicted molar refractivity (Wildman–Crippen MR) is 83.8 cm³/mol. The molecule has 1 aliphatic rings. The maximum atomic E-state index is 6.30. The highest BCUT2D eigenvalue weighted by molar-refractivity contribution is 5.23. The van der Waals surface area contributed by atoms with Crippen LogP contribution in [0.4, 0.5) is 0 Å². The fourth-order valence-electron chi connectivity index (χ4n) is 2.76. The number of ether oxygens (including phenoxy) is 1. The lowest BCUT2D eigenvalue weighted by Gasteiger charge is -2.25. The van der Waals surface area contributed by atoms with Crippen LogP contribution in [0, 0.1) is 6.92 Å². The summed E-state index contributed by atoms with van der Waals surface area (Å²) in [4.78, 5) is 2.46. The molecule has 0 radical (unpaired) electrons. The Morgan fingerprint density at radius 2 is 2.10 bits per heavy atom. The second-order valence-electron chi connectivity index (χ2n) is 5.83. The molecule has 2 unspecified atom stereocenters. The average molecular weight is 276 g/mol. The van der Waals surface area contributed by atoms with Crippen molar-refractivity contribution in [2.45, 2.75) is 45.3 Å². The number of likely N-dealkylation sites (N-methyl/N-ethyl adjacent to an activating group) is 1. The Morgan fingerprint density at radius 3 is 2.70 bits per heavy atom. The largest absolute Gasteiger partial charge is 0.377 e. The highest BCUT2D eigenvalue weighted by atomic mass is 16.5. The molecule has 20 heavy (non-hydrogen) atoms. The van der Waals surface area contributed by atoms with Crippen molar-refractivity contribution in [1.29, 1.82) is 0 Å². The van der Waals surface area contributed by atoms with Crippen molar-refractivity contribution in [1.82, 2.24) is 4.90 Å². The van der Waals surface area contributed by atoms with Crippen LogP contribution in [0.2, 0.25) is 0 Å². The van der Waals surface area contributed by atoms with Gasteiger partial charge in [-0.25, -0.2) is 0 Å². The lowest BCUT2D eigenvalue weighted by molar-refractivity contribution is 0.0738. The molecular weight excluding hydrogens is 248 g/mol. The molecule has 0 amide bonds. The van der Waals surface area contributed by atoms with E-state index in [2.05, 4.69) is 43.0 Å². The third-order valence-electron chi connectivity index (χ3n) is 4.19. The molecule has 2 rings (SSSR count). The molecule has 3 heteroatoms. The number of hydrogen-bond acceptors (Lipinski definition) is 3. The molecule has 1 heterocycles. The van der Waals surface area contributed by atoms with E-state index in [1.165, 1.54) is 24.0 Å². The predicted octanol–water partition coefficient (Wildman–Crippen LogP) is 2.89. The molecule has 0 bridgehead atoms. The van der Waals surface area contributed by atoms with E-state index < -0.39 is 0 Å². The first-order valence-corrected chi connectivity index (χ1v) is 7.85. The number of rotatable bonds is 7. The zero-order valence-electron chi connectivity index (χ0n) is 12.8. The van der Waals surface area contributed by atoms with E-state index in [1.54, 1.807) is 0 Å². The van der Waals surface area contributed by atoms with E-state index in [-0.39, 0.29) is 6.04 Å². The molecule has 112 valence electrons. The van der Waals surface area contributed by atoms with Crippen LogP contribution in [-0.4, -0.2) is 37.2 Å². The van der Waals surface area contributed by atoms with Gasteiger partial charge in [0.05, 0.1) is 6.10 Å². The third-order valence-corrected chi connectivity index (χ3v) is 4.19. The Balaban J connectivity index is 1.78. The average Bonchev–Trinajstić information content (AvgIpc) is 2.96. The van der Waals surface area contributed by atoms with Gasteiger partial charge in [-0.2, -0.15) is 0 Å². The molecule has 3 nitrogen and oxygen atoms in total. The highest BCUT2D eigenvalue weighted by Crippen LogP contribution is 2.17. The van der Waals surface area contributed by atoms with Crippen molar-refractivity contribution in [3.8, 4) is 0 Å². The van der Waals surface area contributed by atoms with Gasteiger partial charge in [-0.15, -0.1) is 0 Å². The smallest absolute Gasteiger partial charge is 0.0702 e. The molecule has 0 saturated carbocycles. The number of hydrogen-bond donors (Lipinski definition) is 1. The van der Waals surface area contributed by atoms with Gasteiger partial charge in [-0.05, 0) is 38.3 Å². The van der Waals surface area contributed by atoms with Crippen LogP contribution >= 0.6 is 0 Å². The first-order valence-electron chi connectivity index (χ1n) is 7.85. The molecule has 0 spiro atoms. The minimum absolute atomic E-state index is 0.133. The van der Waals surface area contributed by atoms with Gasteiger partial charge in [0, 0.05) is 25.7 Å². The maximum Gasteiger partial charge on any atom is 0.0702 e. The molecule has 0 aromatic heterocycles. The Kier molecular flexibility index (Phi) is 6.02. The molecule has 2 N–H and O–H groups in total. The van der Waals surface area contributed by atoms with E-state index in [1.807, 2.05) is 0 Å². The van der Waals surface area contributed by atoms with Crippen molar-refractivity contribution in [3.63, 3.8) is 0 Å². The summed E-state index contributed by atoms with van der Waals surface area (Å²) >= 11 is 0. The quantitative estimate of drug-likeness (QED) is 0.832. The molecule has 1 aromatic rings. The van der Waals surface area contributed by atoms with Gasteiger partial charge in [0.25, 0.3) is 0 Å². The van der Waals surface area contributed by atoms with E-state index in [0.29, 0.717) is 6.10 Å². The topological polar surface area (TPSA) is 38.5 Å². The summed E-state index contributed by atoms with van der Waals surface area (Å²) < 4.78 is 5.72. The van der Waals surface area contributed by atoms with Gasteiger partial charge in [0.1, 0.15) is 0 Å². The number of nitrogens with zero attached hydrogens (tertiary/aromatic N) is 1. The number of nitrogens with two attached hydrogens (primary N) is 1. The third kappa shape index (κ3) is 4.58. The van der Waals surface area contributed by atoms with Crippen LogP contribution in [0.1, 0.15) is 43.4 Å². The molecule has 0 aliphatic carbocycles. The number of aryl methyl sites for hydroxylation is 1.